The Morgan fingerprint density at radius 3 is 2.03 bits per heavy atom. The Balaban J connectivity index is 1.45. The molecule has 320 valence electrons. The molecule has 1 spiro atoms. The number of halogens is 3. The van der Waals surface area contributed by atoms with E-state index in [-0.39, 0.29) is 28.1 Å². The Kier molecular flexibility index (Phi) is 8.64. The van der Waals surface area contributed by atoms with Crippen molar-refractivity contribution in [2.75, 3.05) is 41.7 Å². The fraction of sp³-hybridized carbons (Fsp3) is 0.283. The van der Waals surface area contributed by atoms with Gasteiger partial charge in [-0.25, -0.2) is 9.59 Å². The molecular formula is C46H40F3N3O9S. The van der Waals surface area contributed by atoms with Gasteiger partial charge in [-0.3, -0.25) is 14.2 Å². The lowest BCUT2D eigenvalue weighted by molar-refractivity contribution is -0.136. The van der Waals surface area contributed by atoms with Crippen LogP contribution >= 0.6 is 0 Å². The molecule has 1 aromatic heterocycles. The Morgan fingerprint density at radius 1 is 0.806 bits per heavy atom. The number of esters is 1. The van der Waals surface area contributed by atoms with Crippen LogP contribution in [-0.4, -0.2) is 62.9 Å². The number of carbonyl (C=O) groups is 2. The van der Waals surface area contributed by atoms with Gasteiger partial charge in [0.05, 0.1) is 29.3 Å². The minimum atomic E-state index is -4.92. The summed E-state index contributed by atoms with van der Waals surface area (Å²) in [5.74, 6) is -1.56. The van der Waals surface area contributed by atoms with E-state index in [0.717, 1.165) is 22.9 Å². The molecule has 0 bridgehead atoms. The van der Waals surface area contributed by atoms with Crippen molar-refractivity contribution in [2.45, 2.75) is 57.4 Å². The summed E-state index contributed by atoms with van der Waals surface area (Å²) in [7, 11) is 0.394. The summed E-state index contributed by atoms with van der Waals surface area (Å²) < 4.78 is 95.7. The first-order valence-electron chi connectivity index (χ1n) is 19.5. The maximum atomic E-state index is 15.5. The van der Waals surface area contributed by atoms with Crippen LogP contribution in [0.2, 0.25) is 0 Å². The van der Waals surface area contributed by atoms with Gasteiger partial charge in [-0.15, -0.1) is 0 Å². The highest BCUT2D eigenvalue weighted by Crippen LogP contribution is 2.62. The number of hydrogen-bond acceptors (Lipinski definition) is 10. The van der Waals surface area contributed by atoms with Gasteiger partial charge in [-0.1, -0.05) is 18.2 Å². The van der Waals surface area contributed by atoms with Crippen LogP contribution in [0.1, 0.15) is 88.7 Å². The van der Waals surface area contributed by atoms with Crippen molar-refractivity contribution in [1.29, 1.82) is 0 Å². The second-order valence-electron chi connectivity index (χ2n) is 17.2. The Hall–Kier alpha value is -6.39. The molecule has 4 aliphatic rings. The summed E-state index contributed by atoms with van der Waals surface area (Å²) in [6.07, 6.45) is -1.08. The van der Waals surface area contributed by atoms with E-state index in [1.807, 2.05) is 51.9 Å². The standard InChI is InChI=1S/C46H40F3N3O9S/c1-23-20-43(2,3)50(6)35-18-38-33(15-28(23)35)45(34-16-29-25(22-62(56,57)58)21-44(4,5)51(7)36(29)19-39(34)60-38)31-12-9-24(42(55)59-8)13-30(31)41(54)52(45)26-10-11-27-32(46(47,48)49)17-40(53)61-37(27)14-26/h9-21H,22H2,1-8H3,(H,56,57,58). The van der Waals surface area contributed by atoms with Crippen molar-refractivity contribution in [3.63, 3.8) is 0 Å². The van der Waals surface area contributed by atoms with Gasteiger partial charge >= 0.3 is 17.8 Å². The number of allylic oxidation sites excluding steroid dienone is 1. The third kappa shape index (κ3) is 5.90. The molecule has 62 heavy (non-hydrogen) atoms. The predicted octanol–water partition coefficient (Wildman–Crippen LogP) is 8.79. The summed E-state index contributed by atoms with van der Waals surface area (Å²) in [4.78, 5) is 46.5. The van der Waals surface area contributed by atoms with Crippen molar-refractivity contribution in [3.05, 3.63) is 134 Å². The molecule has 0 saturated heterocycles. The van der Waals surface area contributed by atoms with Crippen molar-refractivity contribution in [3.8, 4) is 11.5 Å². The molecule has 0 aliphatic carbocycles. The Labute approximate surface area is 354 Å². The van der Waals surface area contributed by atoms with Gasteiger partial charge in [0.1, 0.15) is 28.4 Å². The van der Waals surface area contributed by atoms with Crippen LogP contribution in [0.4, 0.5) is 30.2 Å². The van der Waals surface area contributed by atoms with Gasteiger partial charge in [0.15, 0.2) is 0 Å². The largest absolute Gasteiger partial charge is 0.465 e. The molecule has 16 heteroatoms. The number of ether oxygens (including phenoxy) is 2. The SMILES string of the molecule is COC(=O)c1ccc2c(c1)C(=O)N(c1ccc3c(C(F)(F)F)cc(=O)oc3c1)C21c2cc3c(cc2Oc2cc4c(cc21)C(CS(=O)(=O)O)=CC(C)(C)N4C)N(C)C(C)(C)C=C3C. The molecule has 1 N–H and O–H groups in total. The van der Waals surface area contributed by atoms with E-state index in [4.69, 9.17) is 13.9 Å². The molecule has 4 aromatic carbocycles. The van der Waals surface area contributed by atoms with Gasteiger partial charge in [0.2, 0.25) is 0 Å². The smallest absolute Gasteiger partial charge is 0.417 e. The van der Waals surface area contributed by atoms with Crippen molar-refractivity contribution >= 4 is 61.2 Å². The molecule has 0 saturated carbocycles. The van der Waals surface area contributed by atoms with E-state index in [1.165, 1.54) is 36.3 Å². The molecular weight excluding hydrogens is 828 g/mol. The van der Waals surface area contributed by atoms with Crippen LogP contribution in [0.3, 0.4) is 0 Å². The molecule has 0 radical (unpaired) electrons. The average molecular weight is 868 g/mol. The van der Waals surface area contributed by atoms with Crippen LogP contribution in [0.5, 0.6) is 11.5 Å². The quantitative estimate of drug-likeness (QED) is 0.105. The monoisotopic (exact) mass is 867 g/mol. The van der Waals surface area contributed by atoms with E-state index in [1.54, 1.807) is 24.3 Å². The Morgan fingerprint density at radius 2 is 1.42 bits per heavy atom. The summed E-state index contributed by atoms with van der Waals surface area (Å²) in [5.41, 5.74) is -0.905. The van der Waals surface area contributed by atoms with Gasteiger partial charge in [0.25, 0.3) is 16.0 Å². The molecule has 1 unspecified atom stereocenters. The second kappa shape index (κ2) is 13.1. The van der Waals surface area contributed by atoms with Crippen LogP contribution in [-0.2, 0) is 26.6 Å². The number of methoxy groups -OCH3 is 1. The minimum absolute atomic E-state index is 0.0208. The van der Waals surface area contributed by atoms with Gasteiger partial charge in [0, 0.05) is 94.2 Å². The van der Waals surface area contributed by atoms with E-state index in [2.05, 4.69) is 24.8 Å². The maximum absolute atomic E-state index is 15.5. The number of alkyl halides is 3. The molecule has 9 rings (SSSR count). The first-order chi connectivity index (χ1) is 28.9. The number of likely N-dealkylation sites (N-methyl/N-ethyl adjacent to an activating group) is 2. The Bertz CT molecular complexity index is 3110. The number of anilines is 3. The van der Waals surface area contributed by atoms with E-state index in [0.29, 0.717) is 39.8 Å². The maximum Gasteiger partial charge on any atom is 0.417 e. The fourth-order valence-corrected chi connectivity index (χ4v) is 10.2. The third-order valence-corrected chi connectivity index (χ3v) is 13.4. The zero-order valence-electron chi connectivity index (χ0n) is 34.8. The first kappa shape index (κ1) is 41.0. The highest BCUT2D eigenvalue weighted by Gasteiger charge is 2.58. The highest BCUT2D eigenvalue weighted by atomic mass is 32.2. The number of rotatable bonds is 4. The van der Waals surface area contributed by atoms with Gasteiger partial charge < -0.3 is 23.7 Å². The highest BCUT2D eigenvalue weighted by molar-refractivity contribution is 7.86. The predicted molar refractivity (Wildman–Crippen MR) is 228 cm³/mol. The molecule has 1 atom stereocenters. The van der Waals surface area contributed by atoms with Gasteiger partial charge in [-0.05, 0) is 82.2 Å². The zero-order chi connectivity index (χ0) is 44.8. The van der Waals surface area contributed by atoms with Crippen LogP contribution in [0.25, 0.3) is 22.1 Å². The summed E-state index contributed by atoms with van der Waals surface area (Å²) in [5, 5.41) is -0.417. The molecule has 12 nitrogen and oxygen atoms in total. The average Bonchev–Trinajstić information content (AvgIpc) is 3.43. The molecule has 4 aliphatic heterocycles. The molecule has 5 heterocycles. The zero-order valence-corrected chi connectivity index (χ0v) is 35.6. The van der Waals surface area contributed by atoms with E-state index < -0.39 is 72.7 Å². The lowest BCUT2D eigenvalue weighted by Crippen LogP contribution is -2.48. The van der Waals surface area contributed by atoms with E-state index in [9.17, 15) is 35.7 Å². The normalized spacial score (nSPS) is 19.5. The van der Waals surface area contributed by atoms with Crippen LogP contribution < -0.4 is 25.1 Å². The van der Waals surface area contributed by atoms with Gasteiger partial charge in [-0.2, -0.15) is 21.6 Å². The number of nitrogens with zero attached hydrogens (tertiary/aromatic N) is 3. The second-order valence-corrected chi connectivity index (χ2v) is 18.7. The lowest BCUT2D eigenvalue weighted by Gasteiger charge is -2.47. The minimum Gasteiger partial charge on any atom is -0.465 e. The molecule has 1 amide bonds. The summed E-state index contributed by atoms with van der Waals surface area (Å²) in [6, 6.07) is 15.8. The number of carbonyl (C=O) groups excluding carboxylic acids is 2. The fourth-order valence-electron chi connectivity index (χ4n) is 9.55. The number of amides is 1. The van der Waals surface area contributed by atoms with Crippen molar-refractivity contribution < 1.29 is 49.6 Å². The number of benzene rings is 4. The number of hydrogen-bond donors (Lipinski definition) is 1. The molecule has 5 aromatic rings. The van der Waals surface area contributed by atoms with Crippen LogP contribution in [0.15, 0.2) is 88.1 Å². The van der Waals surface area contributed by atoms with Crippen molar-refractivity contribution in [1.82, 2.24) is 0 Å². The number of fused-ring (bicyclic) bond motifs is 9. The third-order valence-electron chi connectivity index (χ3n) is 12.7. The molecule has 0 fully saturated rings. The van der Waals surface area contributed by atoms with Crippen LogP contribution in [0, 0.1) is 0 Å². The lowest BCUT2D eigenvalue weighted by atomic mass is 9.72. The van der Waals surface area contributed by atoms with Crippen molar-refractivity contribution in [2.24, 2.45) is 0 Å². The first-order valence-corrected chi connectivity index (χ1v) is 21.1. The van der Waals surface area contributed by atoms with E-state index >= 15 is 4.79 Å². The summed E-state index contributed by atoms with van der Waals surface area (Å²) >= 11 is 0. The topological polar surface area (TPSA) is 147 Å². The summed E-state index contributed by atoms with van der Waals surface area (Å²) in [6.45, 7) is 9.85.